The first kappa shape index (κ1) is 17.5. The molecule has 0 bridgehead atoms. The third-order valence-corrected chi connectivity index (χ3v) is 4.66. The van der Waals surface area contributed by atoms with E-state index in [1.807, 2.05) is 31.2 Å². The Kier molecular flexibility index (Phi) is 4.85. The third kappa shape index (κ3) is 3.28. The van der Waals surface area contributed by atoms with Crippen LogP contribution in [0, 0.1) is 6.92 Å². The average molecular weight is 398 g/mol. The second-order valence-corrected chi connectivity index (χ2v) is 6.25. The number of carboxylic acids is 1. The van der Waals surface area contributed by atoms with E-state index in [1.165, 1.54) is 0 Å². The molecule has 0 saturated heterocycles. The number of aromatic nitrogens is 2. The van der Waals surface area contributed by atoms with E-state index in [0.717, 1.165) is 22.2 Å². The monoisotopic (exact) mass is 396 g/mol. The van der Waals surface area contributed by atoms with Crippen LogP contribution in [0.15, 0.2) is 29.4 Å². The summed E-state index contributed by atoms with van der Waals surface area (Å²) >= 11 is 17.9. The molecule has 1 aromatic carbocycles. The first-order valence-electron chi connectivity index (χ1n) is 7.04. The maximum absolute atomic E-state index is 11.2. The van der Waals surface area contributed by atoms with Gasteiger partial charge in [0.05, 0.1) is 11.9 Å². The number of hydrazone groups is 1. The van der Waals surface area contributed by atoms with Crippen molar-refractivity contribution in [3.63, 3.8) is 0 Å². The van der Waals surface area contributed by atoms with Crippen molar-refractivity contribution >= 4 is 63.6 Å². The highest BCUT2D eigenvalue weighted by Crippen LogP contribution is 2.36. The molecule has 0 saturated carbocycles. The number of hydrogen-bond acceptors (Lipinski definition) is 4. The zero-order chi connectivity index (χ0) is 18.1. The second-order valence-electron chi connectivity index (χ2n) is 5.14. The second kappa shape index (κ2) is 6.92. The van der Waals surface area contributed by atoms with Gasteiger partial charge in [-0.3, -0.25) is 5.43 Å². The first-order valence-corrected chi connectivity index (χ1v) is 8.17. The zero-order valence-electron chi connectivity index (χ0n) is 12.8. The van der Waals surface area contributed by atoms with Crippen molar-refractivity contribution in [2.24, 2.45) is 5.10 Å². The Bertz CT molecular complexity index is 1010. The number of aromatic amines is 1. The molecule has 25 heavy (non-hydrogen) atoms. The normalized spacial score (nSPS) is 11.4. The Morgan fingerprint density at radius 2 is 2.00 bits per heavy atom. The van der Waals surface area contributed by atoms with Crippen molar-refractivity contribution in [1.82, 2.24) is 9.97 Å². The molecule has 0 amide bonds. The molecule has 0 spiro atoms. The van der Waals surface area contributed by atoms with Crippen LogP contribution in [0.1, 0.15) is 21.7 Å². The van der Waals surface area contributed by atoms with Gasteiger partial charge in [0, 0.05) is 22.2 Å². The topological polar surface area (TPSA) is 90.4 Å². The number of aryl methyl sites for hydroxylation is 1. The molecule has 3 rings (SSSR count). The molecule has 0 aliphatic carbocycles. The van der Waals surface area contributed by atoms with Crippen LogP contribution in [0.25, 0.3) is 10.9 Å². The number of nitrogens with one attached hydrogen (secondary N) is 2. The van der Waals surface area contributed by atoms with Gasteiger partial charge < -0.3 is 10.1 Å². The number of rotatable bonds is 4. The van der Waals surface area contributed by atoms with Crippen LogP contribution in [0.5, 0.6) is 0 Å². The number of halogens is 3. The van der Waals surface area contributed by atoms with Crippen molar-refractivity contribution in [3.05, 3.63) is 56.4 Å². The zero-order valence-corrected chi connectivity index (χ0v) is 15.0. The maximum Gasteiger partial charge on any atom is 0.356 e. The van der Waals surface area contributed by atoms with Crippen LogP contribution in [0.3, 0.4) is 0 Å². The van der Waals surface area contributed by atoms with Crippen LogP contribution in [-0.4, -0.2) is 27.3 Å². The molecule has 0 fully saturated rings. The smallest absolute Gasteiger partial charge is 0.356 e. The SMILES string of the molecule is Cc1[nH]c2ccccc2c1C=NNc1c(Cl)c(Cl)nc(C(=O)O)c1Cl. The van der Waals surface area contributed by atoms with Gasteiger partial charge in [-0.1, -0.05) is 53.0 Å². The molecule has 0 aliphatic rings. The van der Waals surface area contributed by atoms with Crippen LogP contribution >= 0.6 is 34.8 Å². The van der Waals surface area contributed by atoms with Crippen molar-refractivity contribution in [2.75, 3.05) is 5.43 Å². The Balaban J connectivity index is 1.97. The number of pyridine rings is 1. The van der Waals surface area contributed by atoms with Gasteiger partial charge in [0.25, 0.3) is 0 Å². The molecular formula is C16H11Cl3N4O2. The summed E-state index contributed by atoms with van der Waals surface area (Å²) in [4.78, 5) is 18.1. The Hall–Kier alpha value is -2.28. The molecule has 0 unspecified atom stereocenters. The Morgan fingerprint density at radius 3 is 2.72 bits per heavy atom. The van der Waals surface area contributed by atoms with Crippen LogP contribution < -0.4 is 5.43 Å². The molecule has 128 valence electrons. The van der Waals surface area contributed by atoms with Gasteiger partial charge in [-0.25, -0.2) is 9.78 Å². The minimum absolute atomic E-state index is 0.00975. The molecule has 3 aromatic rings. The molecule has 6 nitrogen and oxygen atoms in total. The van der Waals surface area contributed by atoms with Crippen molar-refractivity contribution in [3.8, 4) is 0 Å². The molecule has 0 aliphatic heterocycles. The predicted octanol–water partition coefficient (Wildman–Crippen LogP) is 4.98. The lowest BCUT2D eigenvalue weighted by Crippen LogP contribution is -2.05. The number of H-pyrrole nitrogens is 1. The van der Waals surface area contributed by atoms with Gasteiger partial charge in [0.15, 0.2) is 10.8 Å². The quantitative estimate of drug-likeness (QED) is 0.329. The highest BCUT2D eigenvalue weighted by molar-refractivity contribution is 6.46. The lowest BCUT2D eigenvalue weighted by molar-refractivity contribution is 0.0691. The van der Waals surface area contributed by atoms with E-state index in [2.05, 4.69) is 20.5 Å². The number of fused-ring (bicyclic) bond motifs is 1. The van der Waals surface area contributed by atoms with Crippen LogP contribution in [0.4, 0.5) is 5.69 Å². The minimum Gasteiger partial charge on any atom is -0.476 e. The molecule has 0 atom stereocenters. The first-order chi connectivity index (χ1) is 11.9. The number of para-hydroxylation sites is 1. The molecule has 9 heteroatoms. The summed E-state index contributed by atoms with van der Waals surface area (Å²) in [6, 6.07) is 7.79. The highest BCUT2D eigenvalue weighted by atomic mass is 35.5. The summed E-state index contributed by atoms with van der Waals surface area (Å²) < 4.78 is 0. The Morgan fingerprint density at radius 1 is 1.28 bits per heavy atom. The molecule has 2 heterocycles. The predicted molar refractivity (Wildman–Crippen MR) is 100 cm³/mol. The number of aromatic carboxylic acids is 1. The summed E-state index contributed by atoms with van der Waals surface area (Å²) in [5.74, 6) is -1.32. The van der Waals surface area contributed by atoms with Crippen LogP contribution in [-0.2, 0) is 0 Å². The maximum atomic E-state index is 11.2. The number of carbonyl (C=O) groups is 1. The molecule has 0 radical (unpaired) electrons. The Labute approximate surface area is 157 Å². The van der Waals surface area contributed by atoms with Gasteiger partial charge in [-0.2, -0.15) is 5.10 Å². The summed E-state index contributed by atoms with van der Waals surface area (Å²) in [5.41, 5.74) is 5.12. The summed E-state index contributed by atoms with van der Waals surface area (Å²) in [6.07, 6.45) is 1.59. The lowest BCUT2D eigenvalue weighted by atomic mass is 10.1. The summed E-state index contributed by atoms with van der Waals surface area (Å²) in [5, 5.41) is 13.9. The van der Waals surface area contributed by atoms with Crippen LogP contribution in [0.2, 0.25) is 15.2 Å². The third-order valence-electron chi connectivity index (χ3n) is 3.55. The molecular weight excluding hydrogens is 387 g/mol. The van der Waals surface area contributed by atoms with E-state index >= 15 is 0 Å². The number of carboxylic acid groups (broad SMARTS) is 1. The fourth-order valence-electron chi connectivity index (χ4n) is 2.38. The van der Waals surface area contributed by atoms with E-state index in [1.54, 1.807) is 6.21 Å². The van der Waals surface area contributed by atoms with E-state index in [9.17, 15) is 4.79 Å². The van der Waals surface area contributed by atoms with Gasteiger partial charge >= 0.3 is 5.97 Å². The van der Waals surface area contributed by atoms with Crippen molar-refractivity contribution in [1.29, 1.82) is 0 Å². The molecule has 2 aromatic heterocycles. The standard InChI is InChI=1S/C16H11Cl3N4O2/c1-7-9(8-4-2-3-5-10(8)21-7)6-20-23-13-11(17)14(16(24)25)22-15(19)12(13)18/h2-6,21H,1H3,(H,22,23)(H,24,25). The lowest BCUT2D eigenvalue weighted by Gasteiger charge is -2.09. The van der Waals surface area contributed by atoms with E-state index in [-0.39, 0.29) is 20.9 Å². The van der Waals surface area contributed by atoms with Crippen molar-refractivity contribution < 1.29 is 9.90 Å². The number of hydrogen-bond donors (Lipinski definition) is 3. The number of anilines is 1. The van der Waals surface area contributed by atoms with Crippen molar-refractivity contribution in [2.45, 2.75) is 6.92 Å². The summed E-state index contributed by atoms with van der Waals surface area (Å²) in [7, 11) is 0. The van der Waals surface area contributed by atoms with Gasteiger partial charge in [0.2, 0.25) is 0 Å². The van der Waals surface area contributed by atoms with E-state index in [4.69, 9.17) is 39.9 Å². The molecule has 3 N–H and O–H groups in total. The minimum atomic E-state index is -1.32. The van der Waals surface area contributed by atoms with E-state index < -0.39 is 11.7 Å². The highest BCUT2D eigenvalue weighted by Gasteiger charge is 2.20. The largest absolute Gasteiger partial charge is 0.476 e. The number of nitrogens with zero attached hydrogens (tertiary/aromatic N) is 2. The van der Waals surface area contributed by atoms with Gasteiger partial charge in [0.1, 0.15) is 10.0 Å². The average Bonchev–Trinajstić information content (AvgIpc) is 2.89. The van der Waals surface area contributed by atoms with E-state index in [0.29, 0.717) is 0 Å². The fourth-order valence-corrected chi connectivity index (χ4v) is 3.05. The van der Waals surface area contributed by atoms with Gasteiger partial charge in [-0.15, -0.1) is 0 Å². The van der Waals surface area contributed by atoms with Gasteiger partial charge in [-0.05, 0) is 13.0 Å². The number of benzene rings is 1. The summed E-state index contributed by atoms with van der Waals surface area (Å²) in [6.45, 7) is 1.92. The fraction of sp³-hybridized carbons (Fsp3) is 0.0625.